The zero-order chi connectivity index (χ0) is 12.8. The molecule has 0 saturated carbocycles. The summed E-state index contributed by atoms with van der Waals surface area (Å²) in [5, 5.41) is 16.6. The molecule has 0 aromatic rings. The van der Waals surface area contributed by atoms with Crippen LogP contribution in [-0.4, -0.2) is 47.9 Å². The molecule has 0 aromatic heterocycles. The lowest BCUT2D eigenvalue weighted by molar-refractivity contribution is -0.131. The third-order valence-electron chi connectivity index (χ3n) is 1.93. The molecule has 0 radical (unpaired) electrons. The van der Waals surface area contributed by atoms with Gasteiger partial charge in [0.15, 0.2) is 5.71 Å². The van der Waals surface area contributed by atoms with Crippen LogP contribution in [0.1, 0.15) is 6.42 Å². The fourth-order valence-electron chi connectivity index (χ4n) is 1.13. The first-order valence-electron chi connectivity index (χ1n) is 4.77. The summed E-state index contributed by atoms with van der Waals surface area (Å²) in [6.45, 7) is 0.352. The van der Waals surface area contributed by atoms with E-state index >= 15 is 0 Å². The molecule has 1 atom stereocenters. The van der Waals surface area contributed by atoms with Gasteiger partial charge in [-0.2, -0.15) is 0 Å². The van der Waals surface area contributed by atoms with Crippen LogP contribution in [0.25, 0.3) is 0 Å². The van der Waals surface area contributed by atoms with E-state index in [1.54, 1.807) is 0 Å². The Bertz CT molecular complexity index is 367. The number of carbonyl (C=O) groups excluding carboxylic acids is 2. The smallest absolute Gasteiger partial charge is 0.353 e. The number of nitrogens with two attached hydrogens (primary N) is 1. The maximum atomic E-state index is 11.4. The Morgan fingerprint density at radius 3 is 2.59 bits per heavy atom. The Kier molecular flexibility index (Phi) is 4.26. The third kappa shape index (κ3) is 3.97. The lowest BCUT2D eigenvalue weighted by Crippen LogP contribution is -2.41. The molecule has 1 aliphatic rings. The van der Waals surface area contributed by atoms with E-state index in [1.807, 2.05) is 0 Å². The van der Waals surface area contributed by atoms with Gasteiger partial charge in [-0.15, -0.1) is 0 Å². The van der Waals surface area contributed by atoms with Gasteiger partial charge in [-0.25, -0.2) is 9.59 Å². The number of nitrogens with zero attached hydrogens (tertiary/aromatic N) is 1. The van der Waals surface area contributed by atoms with Crippen LogP contribution in [0, 0.1) is 0 Å². The van der Waals surface area contributed by atoms with Crippen LogP contribution >= 0.6 is 0 Å². The van der Waals surface area contributed by atoms with Crippen LogP contribution in [0.15, 0.2) is 5.16 Å². The number of carboxylic acid groups (broad SMARTS) is 1. The molecule has 0 bridgehead atoms. The van der Waals surface area contributed by atoms with Crippen molar-refractivity contribution in [2.75, 3.05) is 13.1 Å². The minimum atomic E-state index is -1.21. The maximum absolute atomic E-state index is 11.4. The highest BCUT2D eigenvalue weighted by molar-refractivity contribution is 6.36. The summed E-state index contributed by atoms with van der Waals surface area (Å²) in [4.78, 5) is 36.9. The van der Waals surface area contributed by atoms with E-state index < -0.39 is 24.0 Å². The second kappa shape index (κ2) is 5.68. The molecule has 3 amide bonds. The summed E-state index contributed by atoms with van der Waals surface area (Å²) in [6.07, 6.45) is -1.01. The van der Waals surface area contributed by atoms with E-state index in [4.69, 9.17) is 10.8 Å². The van der Waals surface area contributed by atoms with E-state index in [0.29, 0.717) is 0 Å². The molecule has 9 heteroatoms. The molecule has 1 unspecified atom stereocenters. The van der Waals surface area contributed by atoms with Crippen molar-refractivity contribution in [1.29, 1.82) is 0 Å². The van der Waals surface area contributed by atoms with Gasteiger partial charge < -0.3 is 26.3 Å². The van der Waals surface area contributed by atoms with Gasteiger partial charge in [0.05, 0.1) is 0 Å². The third-order valence-corrected chi connectivity index (χ3v) is 1.93. The molecule has 0 aromatic carbocycles. The Balaban J connectivity index is 2.22. The first-order valence-corrected chi connectivity index (χ1v) is 4.77. The monoisotopic (exact) mass is 244 g/mol. The van der Waals surface area contributed by atoms with Crippen molar-refractivity contribution in [2.45, 2.75) is 12.5 Å². The molecule has 94 valence electrons. The minimum Gasteiger partial charge on any atom is -0.477 e. The fraction of sp³-hybridized carbons (Fsp3) is 0.500. The van der Waals surface area contributed by atoms with E-state index in [9.17, 15) is 14.4 Å². The predicted molar refractivity (Wildman–Crippen MR) is 55.2 cm³/mol. The topological polar surface area (TPSA) is 143 Å². The van der Waals surface area contributed by atoms with Gasteiger partial charge >= 0.3 is 12.0 Å². The molecular formula is C8H12N4O5. The van der Waals surface area contributed by atoms with Crippen molar-refractivity contribution in [3.05, 3.63) is 0 Å². The van der Waals surface area contributed by atoms with Crippen molar-refractivity contribution in [2.24, 2.45) is 10.9 Å². The molecular weight excluding hydrogens is 232 g/mol. The molecule has 0 aliphatic carbocycles. The van der Waals surface area contributed by atoms with E-state index in [2.05, 4.69) is 20.6 Å². The second-order valence-electron chi connectivity index (χ2n) is 3.22. The molecule has 0 saturated heterocycles. The van der Waals surface area contributed by atoms with Gasteiger partial charge in [0.25, 0.3) is 5.91 Å². The summed E-state index contributed by atoms with van der Waals surface area (Å²) >= 11 is 0. The lowest BCUT2D eigenvalue weighted by Gasteiger charge is -2.09. The van der Waals surface area contributed by atoms with Gasteiger partial charge in [-0.1, -0.05) is 5.16 Å². The molecule has 1 rings (SSSR count). The summed E-state index contributed by atoms with van der Waals surface area (Å²) in [7, 11) is 0. The van der Waals surface area contributed by atoms with Crippen LogP contribution in [0.3, 0.4) is 0 Å². The molecule has 5 N–H and O–H groups in total. The van der Waals surface area contributed by atoms with E-state index in [0.717, 1.165) is 0 Å². The van der Waals surface area contributed by atoms with Gasteiger partial charge in [-0.3, -0.25) is 4.79 Å². The summed E-state index contributed by atoms with van der Waals surface area (Å²) in [5.41, 5.74) is 4.62. The zero-order valence-electron chi connectivity index (χ0n) is 8.80. The highest BCUT2D eigenvalue weighted by Crippen LogP contribution is 2.10. The van der Waals surface area contributed by atoms with Crippen molar-refractivity contribution in [3.8, 4) is 0 Å². The number of hydrogen-bond acceptors (Lipinski definition) is 5. The Morgan fingerprint density at radius 1 is 1.41 bits per heavy atom. The average molecular weight is 244 g/mol. The number of carboxylic acids is 1. The van der Waals surface area contributed by atoms with Gasteiger partial charge in [0, 0.05) is 19.5 Å². The molecule has 1 heterocycles. The highest BCUT2D eigenvalue weighted by Gasteiger charge is 2.31. The Hall–Kier alpha value is -2.32. The van der Waals surface area contributed by atoms with Gasteiger partial charge in [0.2, 0.25) is 6.10 Å². The number of aliphatic carboxylic acids is 1. The predicted octanol–water partition coefficient (Wildman–Crippen LogP) is -2.00. The maximum Gasteiger partial charge on any atom is 0.353 e. The normalized spacial score (nSPS) is 17.9. The Labute approximate surface area is 96.0 Å². The van der Waals surface area contributed by atoms with E-state index in [1.165, 1.54) is 0 Å². The number of primary amides is 1. The first-order chi connectivity index (χ1) is 8.00. The number of amides is 3. The molecule has 17 heavy (non-hydrogen) atoms. The number of oxime groups is 1. The number of hydrogen-bond donors (Lipinski definition) is 4. The van der Waals surface area contributed by atoms with Crippen molar-refractivity contribution in [1.82, 2.24) is 10.6 Å². The molecule has 0 fully saturated rings. The second-order valence-corrected chi connectivity index (χ2v) is 3.22. The minimum absolute atomic E-state index is 0.0790. The van der Waals surface area contributed by atoms with E-state index in [-0.39, 0.29) is 25.2 Å². The van der Waals surface area contributed by atoms with Crippen molar-refractivity contribution >= 4 is 23.6 Å². The highest BCUT2D eigenvalue weighted by atomic mass is 16.6. The first kappa shape index (κ1) is 12.7. The fourth-order valence-corrected chi connectivity index (χ4v) is 1.13. The van der Waals surface area contributed by atoms with Crippen LogP contribution < -0.4 is 16.4 Å². The molecule has 0 spiro atoms. The van der Waals surface area contributed by atoms with Crippen LogP contribution in [0.5, 0.6) is 0 Å². The van der Waals surface area contributed by atoms with Crippen LogP contribution in [0.2, 0.25) is 0 Å². The quantitative estimate of drug-likeness (QED) is 0.413. The lowest BCUT2D eigenvalue weighted by atomic mass is 10.2. The van der Waals surface area contributed by atoms with Crippen molar-refractivity contribution < 1.29 is 24.3 Å². The van der Waals surface area contributed by atoms with Crippen LogP contribution in [-0.2, 0) is 14.4 Å². The van der Waals surface area contributed by atoms with Crippen molar-refractivity contribution in [3.63, 3.8) is 0 Å². The zero-order valence-corrected chi connectivity index (χ0v) is 8.80. The summed E-state index contributed by atoms with van der Waals surface area (Å²) < 4.78 is 0. The largest absolute Gasteiger partial charge is 0.477 e. The SMILES string of the molecule is NC(=O)NCCNC(=O)C1CC(C(=O)O)=NO1. The van der Waals surface area contributed by atoms with Crippen LogP contribution in [0.4, 0.5) is 4.79 Å². The molecule has 1 aliphatic heterocycles. The number of rotatable bonds is 5. The standard InChI is InChI=1S/C8H12N4O5/c9-8(16)11-2-1-10-6(13)5-3-4(7(14)15)12-17-5/h5H,1-3H2,(H,10,13)(H,14,15)(H3,9,11,16). The molecule has 9 nitrogen and oxygen atoms in total. The number of urea groups is 1. The number of carbonyl (C=O) groups is 3. The van der Waals surface area contributed by atoms with Gasteiger partial charge in [0.1, 0.15) is 0 Å². The van der Waals surface area contributed by atoms with Gasteiger partial charge in [-0.05, 0) is 0 Å². The average Bonchev–Trinajstić information content (AvgIpc) is 2.73. The summed E-state index contributed by atoms with van der Waals surface area (Å²) in [5.74, 6) is -1.70. The Morgan fingerprint density at radius 2 is 2.06 bits per heavy atom. The number of nitrogens with one attached hydrogen (secondary N) is 2. The summed E-state index contributed by atoms with van der Waals surface area (Å²) in [6, 6.07) is -0.687.